The minimum atomic E-state index is -0.221. The normalized spacial score (nSPS) is 28.2. The van der Waals surface area contributed by atoms with Gasteiger partial charge in [0.2, 0.25) is 5.91 Å². The Kier molecular flexibility index (Phi) is 3.55. The van der Waals surface area contributed by atoms with E-state index in [0.29, 0.717) is 24.3 Å². The number of carbonyl (C=O) groups excluding carboxylic acids is 1. The lowest BCUT2D eigenvalue weighted by Gasteiger charge is -2.38. The molecule has 0 spiro atoms. The highest BCUT2D eigenvalue weighted by atomic mass is 16.2. The van der Waals surface area contributed by atoms with Gasteiger partial charge in [-0.3, -0.25) is 4.79 Å². The van der Waals surface area contributed by atoms with Crippen LogP contribution in [0, 0.1) is 11.8 Å². The number of nitrogens with two attached hydrogens (primary N) is 1. The van der Waals surface area contributed by atoms with Crippen LogP contribution in [0.2, 0.25) is 0 Å². The van der Waals surface area contributed by atoms with Gasteiger partial charge in [-0.1, -0.05) is 37.3 Å². The number of likely N-dealkylation sites (tertiary alicyclic amines) is 1. The topological polar surface area (TPSA) is 46.3 Å². The van der Waals surface area contributed by atoms with Crippen LogP contribution in [0.3, 0.4) is 0 Å². The first-order chi connectivity index (χ1) is 9.67. The summed E-state index contributed by atoms with van der Waals surface area (Å²) in [7, 11) is 0. The van der Waals surface area contributed by atoms with Gasteiger partial charge in [0.05, 0.1) is 5.41 Å². The van der Waals surface area contributed by atoms with E-state index in [0.717, 1.165) is 32.4 Å². The van der Waals surface area contributed by atoms with E-state index in [1.807, 2.05) is 18.2 Å². The number of nitrogens with zero attached hydrogens (tertiary/aromatic N) is 1. The molecule has 2 N–H and O–H groups in total. The second-order valence-electron chi connectivity index (χ2n) is 6.46. The third-order valence-electron chi connectivity index (χ3n) is 5.19. The Labute approximate surface area is 121 Å². The van der Waals surface area contributed by atoms with E-state index in [-0.39, 0.29) is 5.41 Å². The molecule has 2 aliphatic rings. The Bertz CT molecular complexity index is 481. The van der Waals surface area contributed by atoms with Crippen molar-refractivity contribution in [2.75, 3.05) is 19.6 Å². The second-order valence-corrected chi connectivity index (χ2v) is 6.46. The molecule has 3 nitrogen and oxygen atoms in total. The zero-order valence-electron chi connectivity index (χ0n) is 12.2. The summed E-state index contributed by atoms with van der Waals surface area (Å²) in [6.45, 7) is 4.67. The largest absolute Gasteiger partial charge is 0.342 e. The van der Waals surface area contributed by atoms with E-state index < -0.39 is 0 Å². The SMILES string of the molecule is CC1CCN(C(=O)C2(c3ccccc3)CC2)CC1CN. The zero-order chi connectivity index (χ0) is 14.2. The molecule has 3 rings (SSSR count). The monoisotopic (exact) mass is 272 g/mol. The molecule has 0 aromatic heterocycles. The first-order valence-electron chi connectivity index (χ1n) is 7.72. The van der Waals surface area contributed by atoms with Gasteiger partial charge >= 0.3 is 0 Å². The van der Waals surface area contributed by atoms with Crippen molar-refractivity contribution in [1.82, 2.24) is 4.90 Å². The van der Waals surface area contributed by atoms with E-state index in [1.165, 1.54) is 5.56 Å². The lowest BCUT2D eigenvalue weighted by molar-refractivity contribution is -0.136. The summed E-state index contributed by atoms with van der Waals surface area (Å²) in [6.07, 6.45) is 3.07. The molecule has 0 bridgehead atoms. The molecule has 1 aliphatic heterocycles. The number of rotatable bonds is 3. The van der Waals surface area contributed by atoms with Gasteiger partial charge < -0.3 is 10.6 Å². The smallest absolute Gasteiger partial charge is 0.233 e. The number of benzene rings is 1. The van der Waals surface area contributed by atoms with Crippen LogP contribution in [-0.2, 0) is 10.2 Å². The van der Waals surface area contributed by atoms with Crippen molar-refractivity contribution in [3.05, 3.63) is 35.9 Å². The molecule has 1 heterocycles. The van der Waals surface area contributed by atoms with Gasteiger partial charge in [0.1, 0.15) is 0 Å². The van der Waals surface area contributed by atoms with Crippen LogP contribution in [0.15, 0.2) is 30.3 Å². The van der Waals surface area contributed by atoms with Crippen LogP contribution in [-0.4, -0.2) is 30.4 Å². The summed E-state index contributed by atoms with van der Waals surface area (Å²) < 4.78 is 0. The molecule has 2 fully saturated rings. The highest BCUT2D eigenvalue weighted by Crippen LogP contribution is 2.50. The van der Waals surface area contributed by atoms with Crippen LogP contribution in [0.25, 0.3) is 0 Å². The second kappa shape index (κ2) is 5.21. The number of piperidine rings is 1. The van der Waals surface area contributed by atoms with Gasteiger partial charge in [0, 0.05) is 13.1 Å². The third-order valence-corrected chi connectivity index (χ3v) is 5.19. The van der Waals surface area contributed by atoms with E-state index in [9.17, 15) is 4.79 Å². The van der Waals surface area contributed by atoms with Crippen LogP contribution >= 0.6 is 0 Å². The average molecular weight is 272 g/mol. The summed E-state index contributed by atoms with van der Waals surface area (Å²) >= 11 is 0. The van der Waals surface area contributed by atoms with Crippen molar-refractivity contribution < 1.29 is 4.79 Å². The van der Waals surface area contributed by atoms with Crippen LogP contribution in [0.1, 0.15) is 31.7 Å². The van der Waals surface area contributed by atoms with Crippen LogP contribution in [0.5, 0.6) is 0 Å². The van der Waals surface area contributed by atoms with Crippen molar-refractivity contribution >= 4 is 5.91 Å². The molecule has 1 amide bonds. The maximum absolute atomic E-state index is 12.9. The van der Waals surface area contributed by atoms with Crippen molar-refractivity contribution in [3.63, 3.8) is 0 Å². The molecule has 1 aromatic carbocycles. The van der Waals surface area contributed by atoms with Crippen molar-refractivity contribution in [1.29, 1.82) is 0 Å². The van der Waals surface area contributed by atoms with E-state index in [2.05, 4.69) is 24.0 Å². The van der Waals surface area contributed by atoms with Crippen molar-refractivity contribution in [2.45, 2.75) is 31.6 Å². The third kappa shape index (κ3) is 2.24. The van der Waals surface area contributed by atoms with Crippen LogP contribution in [0.4, 0.5) is 0 Å². The van der Waals surface area contributed by atoms with Gasteiger partial charge in [-0.2, -0.15) is 0 Å². The predicted octanol–water partition coefficient (Wildman–Crippen LogP) is 2.16. The molecular formula is C17H24N2O. The maximum atomic E-state index is 12.9. The number of amides is 1. The maximum Gasteiger partial charge on any atom is 0.233 e. The Hall–Kier alpha value is -1.35. The van der Waals surface area contributed by atoms with E-state index in [4.69, 9.17) is 5.73 Å². The Morgan fingerprint density at radius 1 is 1.35 bits per heavy atom. The molecule has 1 aliphatic carbocycles. The fraction of sp³-hybridized carbons (Fsp3) is 0.588. The van der Waals surface area contributed by atoms with Crippen LogP contribution < -0.4 is 5.73 Å². The van der Waals surface area contributed by atoms with Crippen molar-refractivity contribution in [2.24, 2.45) is 17.6 Å². The standard InChI is InChI=1S/C17H24N2O/c1-13-7-10-19(12-14(13)11-18)16(20)17(8-9-17)15-5-3-2-4-6-15/h2-6,13-14H,7-12,18H2,1H3. The van der Waals surface area contributed by atoms with Crippen molar-refractivity contribution in [3.8, 4) is 0 Å². The highest BCUT2D eigenvalue weighted by molar-refractivity contribution is 5.91. The number of hydrogen-bond acceptors (Lipinski definition) is 2. The fourth-order valence-corrected chi connectivity index (χ4v) is 3.45. The molecular weight excluding hydrogens is 248 g/mol. The van der Waals surface area contributed by atoms with Gasteiger partial charge in [0.25, 0.3) is 0 Å². The zero-order valence-corrected chi connectivity index (χ0v) is 12.2. The van der Waals surface area contributed by atoms with Gasteiger partial charge in [-0.25, -0.2) is 0 Å². The number of hydrogen-bond donors (Lipinski definition) is 1. The molecule has 20 heavy (non-hydrogen) atoms. The molecule has 108 valence electrons. The van der Waals surface area contributed by atoms with Gasteiger partial charge in [-0.05, 0) is 43.2 Å². The quantitative estimate of drug-likeness (QED) is 0.916. The summed E-state index contributed by atoms with van der Waals surface area (Å²) in [5.41, 5.74) is 6.82. The molecule has 1 aromatic rings. The summed E-state index contributed by atoms with van der Waals surface area (Å²) in [5, 5.41) is 0. The minimum absolute atomic E-state index is 0.221. The Morgan fingerprint density at radius 2 is 2.05 bits per heavy atom. The summed E-state index contributed by atoms with van der Waals surface area (Å²) in [4.78, 5) is 15.0. The van der Waals surface area contributed by atoms with E-state index in [1.54, 1.807) is 0 Å². The fourth-order valence-electron chi connectivity index (χ4n) is 3.45. The summed E-state index contributed by atoms with van der Waals surface area (Å²) in [6, 6.07) is 10.3. The lowest BCUT2D eigenvalue weighted by atomic mass is 9.85. The number of carbonyl (C=O) groups is 1. The molecule has 1 saturated carbocycles. The minimum Gasteiger partial charge on any atom is -0.342 e. The first-order valence-corrected chi connectivity index (χ1v) is 7.72. The van der Waals surface area contributed by atoms with Gasteiger partial charge in [-0.15, -0.1) is 0 Å². The highest BCUT2D eigenvalue weighted by Gasteiger charge is 2.53. The first kappa shape index (κ1) is 13.6. The lowest BCUT2D eigenvalue weighted by Crippen LogP contribution is -2.49. The Balaban J connectivity index is 1.76. The van der Waals surface area contributed by atoms with E-state index >= 15 is 0 Å². The molecule has 3 heteroatoms. The Morgan fingerprint density at radius 3 is 2.65 bits per heavy atom. The molecule has 0 radical (unpaired) electrons. The molecule has 2 atom stereocenters. The molecule has 2 unspecified atom stereocenters. The molecule has 1 saturated heterocycles. The summed E-state index contributed by atoms with van der Waals surface area (Å²) in [5.74, 6) is 1.42. The predicted molar refractivity (Wildman–Crippen MR) is 80.3 cm³/mol. The van der Waals surface area contributed by atoms with Gasteiger partial charge in [0.15, 0.2) is 0 Å². The average Bonchev–Trinajstić information content (AvgIpc) is 3.30.